The second kappa shape index (κ2) is 6.27. The Morgan fingerprint density at radius 1 is 1.29 bits per heavy atom. The standard InChI is InChI=1S/C14H20ClNO/c1-17-14-9-12(15)8-7-11(14)10-16-13-5-3-2-4-6-13/h7-9,13,16H,2-6,10H2,1H3. The summed E-state index contributed by atoms with van der Waals surface area (Å²) in [6.07, 6.45) is 6.71. The molecule has 0 aromatic heterocycles. The van der Waals surface area contributed by atoms with E-state index in [4.69, 9.17) is 16.3 Å². The first-order chi connectivity index (χ1) is 8.29. The Labute approximate surface area is 108 Å². The largest absolute Gasteiger partial charge is 0.496 e. The minimum atomic E-state index is 0.670. The molecule has 17 heavy (non-hydrogen) atoms. The van der Waals surface area contributed by atoms with Crippen LogP contribution < -0.4 is 10.1 Å². The van der Waals surface area contributed by atoms with Crippen LogP contribution in [-0.4, -0.2) is 13.2 Å². The zero-order valence-corrected chi connectivity index (χ0v) is 11.1. The van der Waals surface area contributed by atoms with Crippen LogP contribution in [0.25, 0.3) is 0 Å². The molecule has 1 fully saturated rings. The molecule has 2 rings (SSSR count). The number of nitrogens with one attached hydrogen (secondary N) is 1. The van der Waals surface area contributed by atoms with E-state index in [1.54, 1.807) is 7.11 Å². The lowest BCUT2D eigenvalue weighted by Crippen LogP contribution is -2.30. The minimum absolute atomic E-state index is 0.670. The lowest BCUT2D eigenvalue weighted by Gasteiger charge is -2.23. The number of methoxy groups -OCH3 is 1. The van der Waals surface area contributed by atoms with Gasteiger partial charge in [-0.05, 0) is 25.0 Å². The molecule has 0 spiro atoms. The molecule has 1 saturated carbocycles. The number of hydrogen-bond acceptors (Lipinski definition) is 2. The van der Waals surface area contributed by atoms with E-state index in [0.717, 1.165) is 17.3 Å². The minimum Gasteiger partial charge on any atom is -0.496 e. The van der Waals surface area contributed by atoms with Gasteiger partial charge in [0.15, 0.2) is 0 Å². The van der Waals surface area contributed by atoms with Crippen LogP contribution in [0.3, 0.4) is 0 Å². The zero-order chi connectivity index (χ0) is 12.1. The first-order valence-electron chi connectivity index (χ1n) is 6.35. The summed E-state index contributed by atoms with van der Waals surface area (Å²) in [6.45, 7) is 0.866. The predicted molar refractivity (Wildman–Crippen MR) is 71.7 cm³/mol. The van der Waals surface area contributed by atoms with Crippen LogP contribution in [0.1, 0.15) is 37.7 Å². The highest BCUT2D eigenvalue weighted by atomic mass is 35.5. The zero-order valence-electron chi connectivity index (χ0n) is 10.3. The van der Waals surface area contributed by atoms with E-state index in [2.05, 4.69) is 5.32 Å². The maximum absolute atomic E-state index is 5.94. The van der Waals surface area contributed by atoms with E-state index in [0.29, 0.717) is 6.04 Å². The maximum Gasteiger partial charge on any atom is 0.124 e. The van der Waals surface area contributed by atoms with Gasteiger partial charge in [-0.3, -0.25) is 0 Å². The van der Waals surface area contributed by atoms with Crippen molar-refractivity contribution in [1.82, 2.24) is 5.32 Å². The molecule has 0 heterocycles. The number of hydrogen-bond donors (Lipinski definition) is 1. The third-order valence-electron chi connectivity index (χ3n) is 3.44. The molecule has 1 aliphatic carbocycles. The van der Waals surface area contributed by atoms with Crippen molar-refractivity contribution in [2.75, 3.05) is 7.11 Å². The molecule has 1 aromatic carbocycles. The van der Waals surface area contributed by atoms with Crippen LogP contribution in [-0.2, 0) is 6.54 Å². The number of halogens is 1. The normalized spacial score (nSPS) is 17.1. The van der Waals surface area contributed by atoms with Crippen molar-refractivity contribution < 1.29 is 4.74 Å². The topological polar surface area (TPSA) is 21.3 Å². The van der Waals surface area contributed by atoms with Crippen molar-refractivity contribution in [2.45, 2.75) is 44.7 Å². The lowest BCUT2D eigenvalue weighted by molar-refractivity contribution is 0.365. The molecule has 0 bridgehead atoms. The number of benzene rings is 1. The molecule has 0 unspecified atom stereocenters. The van der Waals surface area contributed by atoms with Crippen molar-refractivity contribution in [3.05, 3.63) is 28.8 Å². The summed E-state index contributed by atoms with van der Waals surface area (Å²) in [5, 5.41) is 4.33. The Morgan fingerprint density at radius 3 is 2.76 bits per heavy atom. The Hall–Kier alpha value is -0.730. The third-order valence-corrected chi connectivity index (χ3v) is 3.67. The van der Waals surface area contributed by atoms with E-state index in [-0.39, 0.29) is 0 Å². The van der Waals surface area contributed by atoms with Crippen LogP contribution in [0.5, 0.6) is 5.75 Å². The summed E-state index contributed by atoms with van der Waals surface area (Å²) in [7, 11) is 1.69. The van der Waals surface area contributed by atoms with E-state index < -0.39 is 0 Å². The molecule has 1 aromatic rings. The molecule has 0 saturated heterocycles. The summed E-state index contributed by atoms with van der Waals surface area (Å²) < 4.78 is 5.34. The van der Waals surface area contributed by atoms with Gasteiger partial charge in [0.1, 0.15) is 5.75 Å². The predicted octanol–water partition coefficient (Wildman–Crippen LogP) is 3.77. The van der Waals surface area contributed by atoms with Gasteiger partial charge >= 0.3 is 0 Å². The van der Waals surface area contributed by atoms with E-state index in [1.165, 1.54) is 37.7 Å². The quantitative estimate of drug-likeness (QED) is 0.882. The summed E-state index contributed by atoms with van der Waals surface area (Å²) in [5.41, 5.74) is 1.18. The maximum atomic E-state index is 5.94. The third kappa shape index (κ3) is 3.62. The van der Waals surface area contributed by atoms with Crippen molar-refractivity contribution in [2.24, 2.45) is 0 Å². The Balaban J connectivity index is 1.93. The van der Waals surface area contributed by atoms with Crippen LogP contribution in [0.2, 0.25) is 5.02 Å². The van der Waals surface area contributed by atoms with E-state index >= 15 is 0 Å². The molecule has 0 radical (unpaired) electrons. The van der Waals surface area contributed by atoms with Gasteiger partial charge < -0.3 is 10.1 Å². The summed E-state index contributed by atoms with van der Waals surface area (Å²) in [6, 6.07) is 6.50. The van der Waals surface area contributed by atoms with Gasteiger partial charge in [0.2, 0.25) is 0 Å². The number of rotatable bonds is 4. The monoisotopic (exact) mass is 253 g/mol. The summed E-state index contributed by atoms with van der Waals surface area (Å²) in [4.78, 5) is 0. The van der Waals surface area contributed by atoms with Crippen molar-refractivity contribution in [3.63, 3.8) is 0 Å². The van der Waals surface area contributed by atoms with Crippen molar-refractivity contribution in [3.8, 4) is 5.75 Å². The highest BCUT2D eigenvalue weighted by molar-refractivity contribution is 6.30. The molecule has 94 valence electrons. The fourth-order valence-corrected chi connectivity index (χ4v) is 2.59. The average Bonchev–Trinajstić information content (AvgIpc) is 2.38. The summed E-state index contributed by atoms with van der Waals surface area (Å²) in [5.74, 6) is 0.876. The summed E-state index contributed by atoms with van der Waals surface area (Å²) >= 11 is 5.94. The van der Waals surface area contributed by atoms with Gasteiger partial charge in [0, 0.05) is 23.2 Å². The first-order valence-corrected chi connectivity index (χ1v) is 6.73. The fourth-order valence-electron chi connectivity index (χ4n) is 2.43. The van der Waals surface area contributed by atoms with Crippen molar-refractivity contribution >= 4 is 11.6 Å². The van der Waals surface area contributed by atoms with Gasteiger partial charge in [-0.15, -0.1) is 0 Å². The van der Waals surface area contributed by atoms with Gasteiger partial charge in [-0.1, -0.05) is 36.9 Å². The molecule has 0 atom stereocenters. The molecule has 1 aliphatic rings. The highest BCUT2D eigenvalue weighted by Gasteiger charge is 2.13. The smallest absolute Gasteiger partial charge is 0.124 e. The van der Waals surface area contributed by atoms with Crippen LogP contribution in [0, 0.1) is 0 Å². The lowest BCUT2D eigenvalue weighted by atomic mass is 9.95. The van der Waals surface area contributed by atoms with Gasteiger partial charge in [0.25, 0.3) is 0 Å². The fraction of sp³-hybridized carbons (Fsp3) is 0.571. The van der Waals surface area contributed by atoms with Gasteiger partial charge in [0.05, 0.1) is 7.11 Å². The SMILES string of the molecule is COc1cc(Cl)ccc1CNC1CCCCC1. The second-order valence-electron chi connectivity index (χ2n) is 4.67. The first kappa shape index (κ1) is 12.7. The molecule has 2 nitrogen and oxygen atoms in total. The van der Waals surface area contributed by atoms with E-state index in [9.17, 15) is 0 Å². The molecule has 1 N–H and O–H groups in total. The Morgan fingerprint density at radius 2 is 2.06 bits per heavy atom. The van der Waals surface area contributed by atoms with Crippen LogP contribution >= 0.6 is 11.6 Å². The number of ether oxygens (including phenoxy) is 1. The molecule has 3 heteroatoms. The molecular formula is C14H20ClNO. The van der Waals surface area contributed by atoms with Crippen molar-refractivity contribution in [1.29, 1.82) is 0 Å². The average molecular weight is 254 g/mol. The highest BCUT2D eigenvalue weighted by Crippen LogP contribution is 2.24. The Kier molecular flexibility index (Phi) is 4.69. The second-order valence-corrected chi connectivity index (χ2v) is 5.11. The molecular weight excluding hydrogens is 234 g/mol. The van der Waals surface area contributed by atoms with Crippen LogP contribution in [0.15, 0.2) is 18.2 Å². The molecule has 0 aliphatic heterocycles. The Bertz CT molecular complexity index is 361. The van der Waals surface area contributed by atoms with Gasteiger partial charge in [-0.2, -0.15) is 0 Å². The molecule has 0 amide bonds. The van der Waals surface area contributed by atoms with Crippen LogP contribution in [0.4, 0.5) is 0 Å². The van der Waals surface area contributed by atoms with Gasteiger partial charge in [-0.25, -0.2) is 0 Å². The van der Waals surface area contributed by atoms with E-state index in [1.807, 2.05) is 18.2 Å².